The molecule has 3 N–H and O–H groups in total. The van der Waals surface area contributed by atoms with Crippen molar-refractivity contribution < 1.29 is 17.2 Å². The molecule has 0 aromatic carbocycles. The number of primary sulfonamides is 1. The standard InChI is InChI=1S/C6H5F2IN2O3S/c7-5(8)2-1-3(12)4(6(9)11-2)15(10,13)14/h1,5H,(H,11,12)(H2,10,13,14). The van der Waals surface area contributed by atoms with E-state index in [0.717, 1.165) is 0 Å². The van der Waals surface area contributed by atoms with Crippen molar-refractivity contribution in [1.82, 2.24) is 4.98 Å². The van der Waals surface area contributed by atoms with E-state index < -0.39 is 32.5 Å². The molecule has 0 unspecified atom stereocenters. The third-order valence-electron chi connectivity index (χ3n) is 1.48. The topological polar surface area (TPSA) is 93.0 Å². The minimum absolute atomic E-state index is 0.224. The van der Waals surface area contributed by atoms with E-state index in [-0.39, 0.29) is 3.70 Å². The van der Waals surface area contributed by atoms with E-state index >= 15 is 0 Å². The molecule has 9 heteroatoms. The number of hydrogen-bond donors (Lipinski definition) is 2. The Bertz CT molecular complexity index is 540. The van der Waals surface area contributed by atoms with Gasteiger partial charge in [0.1, 0.15) is 3.70 Å². The van der Waals surface area contributed by atoms with Crippen molar-refractivity contribution in [3.63, 3.8) is 0 Å². The van der Waals surface area contributed by atoms with Gasteiger partial charge in [-0.2, -0.15) is 0 Å². The number of pyridine rings is 1. The van der Waals surface area contributed by atoms with Gasteiger partial charge in [0.15, 0.2) is 4.90 Å². The zero-order valence-electron chi connectivity index (χ0n) is 7.00. The van der Waals surface area contributed by atoms with E-state index in [4.69, 9.17) is 5.14 Å². The van der Waals surface area contributed by atoms with Crippen molar-refractivity contribution in [1.29, 1.82) is 0 Å². The second kappa shape index (κ2) is 4.14. The number of alkyl halides is 2. The molecule has 0 amide bonds. The highest BCUT2D eigenvalue weighted by Crippen LogP contribution is 2.18. The molecule has 0 aliphatic carbocycles. The number of aromatic nitrogens is 1. The first kappa shape index (κ1) is 12.5. The summed E-state index contributed by atoms with van der Waals surface area (Å²) in [6.45, 7) is 0. The number of halogens is 3. The number of rotatable bonds is 2. The Morgan fingerprint density at radius 2 is 2.00 bits per heavy atom. The Morgan fingerprint density at radius 1 is 1.47 bits per heavy atom. The van der Waals surface area contributed by atoms with Crippen molar-refractivity contribution in [3.05, 3.63) is 25.7 Å². The maximum absolute atomic E-state index is 12.2. The number of nitrogens with one attached hydrogen (secondary N) is 1. The fourth-order valence-corrected chi connectivity index (χ4v) is 3.06. The predicted octanol–water partition coefficient (Wildman–Crippen LogP) is 0.565. The molecule has 1 aromatic rings. The van der Waals surface area contributed by atoms with Crippen LogP contribution < -0.4 is 10.6 Å². The number of H-pyrrole nitrogens is 1. The van der Waals surface area contributed by atoms with Crippen LogP contribution in [0.15, 0.2) is 15.8 Å². The molecule has 15 heavy (non-hydrogen) atoms. The Morgan fingerprint density at radius 3 is 2.33 bits per heavy atom. The summed E-state index contributed by atoms with van der Waals surface area (Å²) in [5.74, 6) is 0. The minimum atomic E-state index is -4.20. The van der Waals surface area contributed by atoms with Crippen LogP contribution in [0, 0.1) is 3.70 Å². The summed E-state index contributed by atoms with van der Waals surface area (Å²) in [5.41, 5.74) is -1.69. The van der Waals surface area contributed by atoms with Gasteiger partial charge < -0.3 is 4.98 Å². The predicted molar refractivity (Wildman–Crippen MR) is 56.1 cm³/mol. The maximum atomic E-state index is 12.2. The third kappa shape index (κ3) is 2.72. The van der Waals surface area contributed by atoms with E-state index in [1.165, 1.54) is 22.6 Å². The fourth-order valence-electron chi connectivity index (χ4n) is 0.917. The summed E-state index contributed by atoms with van der Waals surface area (Å²) < 4.78 is 46.0. The van der Waals surface area contributed by atoms with Gasteiger partial charge in [0.25, 0.3) is 6.43 Å². The fraction of sp³-hybridized carbons (Fsp3) is 0.167. The lowest BCUT2D eigenvalue weighted by Crippen LogP contribution is -2.24. The summed E-state index contributed by atoms with van der Waals surface area (Å²) >= 11 is 1.42. The average Bonchev–Trinajstić information content (AvgIpc) is 1.99. The zero-order chi connectivity index (χ0) is 11.8. The number of hydrogen-bond acceptors (Lipinski definition) is 3. The molecule has 0 bridgehead atoms. The van der Waals surface area contributed by atoms with E-state index in [9.17, 15) is 22.0 Å². The molecule has 0 radical (unpaired) electrons. The smallest absolute Gasteiger partial charge is 0.278 e. The molecule has 0 saturated carbocycles. The second-order valence-corrected chi connectivity index (χ2v) is 5.15. The highest BCUT2D eigenvalue weighted by Gasteiger charge is 2.20. The zero-order valence-corrected chi connectivity index (χ0v) is 9.97. The molecule has 0 saturated heterocycles. The summed E-state index contributed by atoms with van der Waals surface area (Å²) in [4.78, 5) is 12.6. The van der Waals surface area contributed by atoms with Crippen molar-refractivity contribution in [2.24, 2.45) is 5.14 Å². The number of sulfonamides is 1. The molecule has 5 nitrogen and oxygen atoms in total. The Labute approximate surface area is 96.9 Å². The van der Waals surface area contributed by atoms with Crippen molar-refractivity contribution in [2.75, 3.05) is 0 Å². The van der Waals surface area contributed by atoms with Crippen molar-refractivity contribution in [3.8, 4) is 0 Å². The molecule has 0 spiro atoms. The third-order valence-corrected chi connectivity index (χ3v) is 3.63. The average molecular weight is 350 g/mol. The molecule has 0 aliphatic heterocycles. The molecule has 0 aliphatic rings. The van der Waals surface area contributed by atoms with Gasteiger partial charge in [0.05, 0.1) is 5.69 Å². The van der Waals surface area contributed by atoms with Crippen LogP contribution in [0.4, 0.5) is 8.78 Å². The van der Waals surface area contributed by atoms with Gasteiger partial charge in [-0.25, -0.2) is 22.3 Å². The lowest BCUT2D eigenvalue weighted by atomic mass is 10.3. The van der Waals surface area contributed by atoms with Gasteiger partial charge in [0, 0.05) is 6.07 Å². The van der Waals surface area contributed by atoms with Gasteiger partial charge in [-0.05, 0) is 22.6 Å². The first-order valence-corrected chi connectivity index (χ1v) is 6.09. The molecular formula is C6H5F2IN2O3S. The Hall–Kier alpha value is -0.550. The minimum Gasteiger partial charge on any atom is -0.348 e. The van der Waals surface area contributed by atoms with Crippen molar-refractivity contribution >= 4 is 32.6 Å². The highest BCUT2D eigenvalue weighted by molar-refractivity contribution is 14.1. The first-order valence-electron chi connectivity index (χ1n) is 3.47. The summed E-state index contributed by atoms with van der Waals surface area (Å²) in [5, 5.41) is 4.74. The molecule has 0 fully saturated rings. The van der Waals surface area contributed by atoms with Crippen LogP contribution in [-0.2, 0) is 10.0 Å². The van der Waals surface area contributed by atoms with E-state index in [0.29, 0.717) is 6.07 Å². The maximum Gasteiger partial charge on any atom is 0.278 e. The van der Waals surface area contributed by atoms with Crippen LogP contribution in [0.3, 0.4) is 0 Å². The lowest BCUT2D eigenvalue weighted by molar-refractivity contribution is 0.145. The van der Waals surface area contributed by atoms with E-state index in [2.05, 4.69) is 4.98 Å². The van der Waals surface area contributed by atoms with E-state index in [1.807, 2.05) is 0 Å². The monoisotopic (exact) mass is 350 g/mol. The summed E-state index contributed by atoms with van der Waals surface area (Å²) in [6, 6.07) is 0.520. The Balaban J connectivity index is 3.56. The van der Waals surface area contributed by atoms with Gasteiger partial charge in [-0.1, -0.05) is 0 Å². The quantitative estimate of drug-likeness (QED) is 0.603. The van der Waals surface area contributed by atoms with Crippen LogP contribution in [0.25, 0.3) is 0 Å². The molecule has 1 aromatic heterocycles. The van der Waals surface area contributed by atoms with Crippen LogP contribution in [-0.4, -0.2) is 13.4 Å². The normalized spacial score (nSPS) is 12.1. The molecular weight excluding hydrogens is 345 g/mol. The molecule has 0 atom stereocenters. The summed E-state index contributed by atoms with van der Waals surface area (Å²) in [7, 11) is -4.20. The first-order chi connectivity index (χ1) is 6.73. The van der Waals surface area contributed by atoms with E-state index in [1.54, 1.807) is 0 Å². The lowest BCUT2D eigenvalue weighted by Gasteiger charge is -2.04. The van der Waals surface area contributed by atoms with Gasteiger partial charge in [0.2, 0.25) is 15.5 Å². The Kier molecular flexibility index (Phi) is 3.45. The number of nitrogens with two attached hydrogens (primary N) is 1. The summed E-state index contributed by atoms with van der Waals surface area (Å²) in [6.07, 6.45) is -2.87. The molecule has 1 rings (SSSR count). The molecule has 84 valence electrons. The second-order valence-electron chi connectivity index (χ2n) is 2.58. The molecule has 1 heterocycles. The largest absolute Gasteiger partial charge is 0.348 e. The van der Waals surface area contributed by atoms with Crippen LogP contribution in [0.2, 0.25) is 0 Å². The highest BCUT2D eigenvalue weighted by atomic mass is 127. The van der Waals surface area contributed by atoms with Crippen LogP contribution in [0.5, 0.6) is 0 Å². The van der Waals surface area contributed by atoms with Crippen LogP contribution in [0.1, 0.15) is 12.1 Å². The van der Waals surface area contributed by atoms with Gasteiger partial charge >= 0.3 is 0 Å². The van der Waals surface area contributed by atoms with Crippen molar-refractivity contribution in [2.45, 2.75) is 11.3 Å². The number of aromatic amines is 1. The van der Waals surface area contributed by atoms with Gasteiger partial charge in [-0.15, -0.1) is 0 Å². The SMILES string of the molecule is NS(=O)(=O)c1c(I)[nH]c(C(F)F)cc1=O. The van der Waals surface area contributed by atoms with Crippen LogP contribution >= 0.6 is 22.6 Å². The van der Waals surface area contributed by atoms with Gasteiger partial charge in [-0.3, -0.25) is 4.79 Å².